The first-order chi connectivity index (χ1) is 18.2. The third-order valence-corrected chi connectivity index (χ3v) is 5.49. The summed E-state index contributed by atoms with van der Waals surface area (Å²) in [6.45, 7) is 0. The zero-order valence-electron chi connectivity index (χ0n) is 18.8. The average Bonchev–Trinajstić information content (AvgIpc) is 3.36. The predicted molar refractivity (Wildman–Crippen MR) is 131 cm³/mol. The van der Waals surface area contributed by atoms with Gasteiger partial charge in [-0.25, -0.2) is 24.3 Å². The van der Waals surface area contributed by atoms with Crippen molar-refractivity contribution in [2.24, 2.45) is 0 Å². The Hall–Kier alpha value is -4.78. The van der Waals surface area contributed by atoms with Gasteiger partial charge in [0.1, 0.15) is 34.9 Å². The number of benzene rings is 2. The van der Waals surface area contributed by atoms with E-state index in [1.54, 1.807) is 18.3 Å². The van der Waals surface area contributed by atoms with Crippen molar-refractivity contribution in [1.82, 2.24) is 24.9 Å². The fraction of sp³-hybridized carbons (Fsp3) is 0.0417. The van der Waals surface area contributed by atoms with Crippen LogP contribution in [-0.4, -0.2) is 37.2 Å². The van der Waals surface area contributed by atoms with Crippen LogP contribution in [0.1, 0.15) is 10.4 Å². The lowest BCUT2D eigenvalue weighted by Gasteiger charge is -2.14. The van der Waals surface area contributed by atoms with E-state index in [-0.39, 0.29) is 16.3 Å². The molecule has 14 heteroatoms. The molecule has 0 aliphatic heterocycles. The molecule has 3 aromatic heterocycles. The Morgan fingerprint density at radius 3 is 2.68 bits per heavy atom. The summed E-state index contributed by atoms with van der Waals surface area (Å²) in [7, 11) is 0. The third kappa shape index (κ3) is 5.32. The highest BCUT2D eigenvalue weighted by molar-refractivity contribution is 6.32. The number of anilines is 3. The molecule has 0 bridgehead atoms. The number of halogens is 5. The number of rotatable bonds is 6. The Morgan fingerprint density at radius 1 is 1.03 bits per heavy atom. The van der Waals surface area contributed by atoms with Crippen LogP contribution >= 0.6 is 11.6 Å². The number of pyridine rings is 1. The van der Waals surface area contributed by atoms with E-state index in [0.29, 0.717) is 33.9 Å². The summed E-state index contributed by atoms with van der Waals surface area (Å²) in [6, 6.07) is 10.4. The number of fused-ring (bicyclic) bond motifs is 1. The largest absolute Gasteiger partial charge is 0.573 e. The summed E-state index contributed by atoms with van der Waals surface area (Å²) >= 11 is 5.73. The van der Waals surface area contributed by atoms with Crippen LogP contribution in [0.4, 0.5) is 34.8 Å². The number of aromatic nitrogens is 5. The number of carbonyl (C=O) groups excluding carboxylic acids is 1. The van der Waals surface area contributed by atoms with Crippen LogP contribution in [0.25, 0.3) is 22.4 Å². The molecule has 1 amide bonds. The van der Waals surface area contributed by atoms with Gasteiger partial charge in [0.15, 0.2) is 5.65 Å². The Morgan fingerprint density at radius 2 is 1.87 bits per heavy atom. The minimum Gasteiger partial charge on any atom is -0.404 e. The van der Waals surface area contributed by atoms with Crippen LogP contribution in [-0.2, 0) is 0 Å². The fourth-order valence-electron chi connectivity index (χ4n) is 3.54. The van der Waals surface area contributed by atoms with Crippen molar-refractivity contribution >= 4 is 45.9 Å². The summed E-state index contributed by atoms with van der Waals surface area (Å²) in [5, 5.41) is 5.06. The third-order valence-electron chi connectivity index (χ3n) is 5.18. The van der Waals surface area contributed by atoms with Gasteiger partial charge < -0.3 is 20.4 Å². The van der Waals surface area contributed by atoms with Gasteiger partial charge in [-0.05, 0) is 48.5 Å². The number of ether oxygens (including phenoxy) is 1. The molecule has 0 fully saturated rings. The maximum atomic E-state index is 14.6. The number of H-pyrrole nitrogens is 1. The lowest BCUT2D eigenvalue weighted by atomic mass is 10.1. The smallest absolute Gasteiger partial charge is 0.404 e. The van der Waals surface area contributed by atoms with Crippen LogP contribution in [0, 0.1) is 5.82 Å². The molecule has 0 aliphatic carbocycles. The molecule has 9 nitrogen and oxygen atoms in total. The number of aromatic amines is 1. The fourth-order valence-corrected chi connectivity index (χ4v) is 3.70. The van der Waals surface area contributed by atoms with Crippen molar-refractivity contribution in [2.75, 3.05) is 10.6 Å². The van der Waals surface area contributed by atoms with Gasteiger partial charge in [-0.1, -0.05) is 11.6 Å². The highest BCUT2D eigenvalue weighted by Gasteiger charge is 2.32. The molecule has 0 saturated carbocycles. The van der Waals surface area contributed by atoms with E-state index in [0.717, 1.165) is 18.2 Å². The molecule has 3 heterocycles. The van der Waals surface area contributed by atoms with Crippen molar-refractivity contribution in [1.29, 1.82) is 0 Å². The summed E-state index contributed by atoms with van der Waals surface area (Å²) < 4.78 is 56.2. The molecule has 0 spiro atoms. The van der Waals surface area contributed by atoms with E-state index >= 15 is 0 Å². The van der Waals surface area contributed by atoms with E-state index < -0.39 is 23.8 Å². The lowest BCUT2D eigenvalue weighted by molar-refractivity contribution is -0.274. The van der Waals surface area contributed by atoms with Gasteiger partial charge in [0.25, 0.3) is 5.91 Å². The predicted octanol–water partition coefficient (Wildman–Crippen LogP) is 6.10. The monoisotopic (exact) mass is 543 g/mol. The van der Waals surface area contributed by atoms with Crippen LogP contribution in [0.3, 0.4) is 0 Å². The van der Waals surface area contributed by atoms with Crippen molar-refractivity contribution < 1.29 is 27.1 Å². The average molecular weight is 544 g/mol. The quantitative estimate of drug-likeness (QED) is 0.221. The van der Waals surface area contributed by atoms with E-state index in [4.69, 9.17) is 11.6 Å². The van der Waals surface area contributed by atoms with Crippen LogP contribution in [0.2, 0.25) is 5.02 Å². The van der Waals surface area contributed by atoms with E-state index in [9.17, 15) is 22.4 Å². The van der Waals surface area contributed by atoms with Gasteiger partial charge in [-0.15, -0.1) is 13.2 Å². The zero-order valence-corrected chi connectivity index (χ0v) is 19.6. The van der Waals surface area contributed by atoms with Crippen LogP contribution < -0.4 is 15.4 Å². The number of carbonyl (C=O) groups is 1. The molecule has 0 aliphatic rings. The molecule has 0 unspecified atom stereocenters. The first-order valence-corrected chi connectivity index (χ1v) is 11.1. The Labute approximate surface area is 215 Å². The summed E-state index contributed by atoms with van der Waals surface area (Å²) in [5.41, 5.74) is 2.06. The summed E-state index contributed by atoms with van der Waals surface area (Å²) in [6.07, 6.45) is -0.614. The van der Waals surface area contributed by atoms with E-state index in [1.807, 2.05) is 0 Å². The molecule has 38 heavy (non-hydrogen) atoms. The second kappa shape index (κ2) is 9.94. The van der Waals surface area contributed by atoms with Crippen molar-refractivity contribution in [3.05, 3.63) is 83.8 Å². The molecular formula is C24H14ClF4N7O2. The first kappa shape index (κ1) is 24.9. The molecule has 0 radical (unpaired) electrons. The van der Waals surface area contributed by atoms with E-state index in [2.05, 4.69) is 40.3 Å². The normalized spacial score (nSPS) is 11.4. The van der Waals surface area contributed by atoms with Crippen molar-refractivity contribution in [2.45, 2.75) is 6.36 Å². The van der Waals surface area contributed by atoms with Gasteiger partial charge in [0, 0.05) is 23.0 Å². The Kier molecular flexibility index (Phi) is 6.51. The standard InChI is InChI=1S/C24H14ClF4N7O2/c25-15-5-3-12(8-18(15)38-24(27,28)29)23(37)36-17-9-13(4-6-16(17)26)35-21-14(2-1-7-30-21)19-20-22(33-10-31-19)34-11-32-20/h1-11H,(H,30,35)(H,36,37)(H,31,32,33,34). The highest BCUT2D eigenvalue weighted by Crippen LogP contribution is 2.33. The van der Waals surface area contributed by atoms with Gasteiger partial charge >= 0.3 is 6.36 Å². The van der Waals surface area contributed by atoms with Gasteiger partial charge in [0.05, 0.1) is 17.0 Å². The minimum absolute atomic E-state index is 0.231. The molecule has 5 rings (SSSR count). The molecule has 192 valence electrons. The van der Waals surface area contributed by atoms with Gasteiger partial charge in [-0.2, -0.15) is 0 Å². The number of amides is 1. The van der Waals surface area contributed by atoms with E-state index in [1.165, 1.54) is 30.9 Å². The highest BCUT2D eigenvalue weighted by atomic mass is 35.5. The number of imidazole rings is 1. The number of hydrogen-bond donors (Lipinski definition) is 3. The molecule has 2 aromatic carbocycles. The number of alkyl halides is 3. The molecule has 3 N–H and O–H groups in total. The number of nitrogens with one attached hydrogen (secondary N) is 3. The van der Waals surface area contributed by atoms with Gasteiger partial charge in [0.2, 0.25) is 0 Å². The molecular weight excluding hydrogens is 530 g/mol. The second-order valence-electron chi connectivity index (χ2n) is 7.69. The number of nitrogens with zero attached hydrogens (tertiary/aromatic N) is 4. The Balaban J connectivity index is 1.41. The van der Waals surface area contributed by atoms with Crippen molar-refractivity contribution in [3.8, 4) is 17.0 Å². The molecule has 5 aromatic rings. The van der Waals surface area contributed by atoms with Crippen LogP contribution in [0.5, 0.6) is 5.75 Å². The van der Waals surface area contributed by atoms with Crippen molar-refractivity contribution in [3.63, 3.8) is 0 Å². The zero-order chi connectivity index (χ0) is 26.9. The molecule has 0 saturated heterocycles. The maximum Gasteiger partial charge on any atom is 0.573 e. The SMILES string of the molecule is O=C(Nc1cc(Nc2ncccc2-c2ncnc3nc[nH]c23)ccc1F)c1ccc(Cl)c(OC(F)(F)F)c1. The first-order valence-electron chi connectivity index (χ1n) is 10.7. The van der Waals surface area contributed by atoms with Crippen LogP contribution in [0.15, 0.2) is 67.4 Å². The second-order valence-corrected chi connectivity index (χ2v) is 8.10. The summed E-state index contributed by atoms with van der Waals surface area (Å²) in [5.74, 6) is -2.05. The topological polar surface area (TPSA) is 118 Å². The Bertz CT molecular complexity index is 1660. The number of hydrogen-bond acceptors (Lipinski definition) is 7. The summed E-state index contributed by atoms with van der Waals surface area (Å²) in [4.78, 5) is 32.6. The van der Waals surface area contributed by atoms with Gasteiger partial charge in [-0.3, -0.25) is 4.79 Å². The minimum atomic E-state index is -5.01. The molecule has 0 atom stereocenters. The lowest BCUT2D eigenvalue weighted by Crippen LogP contribution is -2.18. The maximum absolute atomic E-state index is 14.6.